The van der Waals surface area contributed by atoms with Gasteiger partial charge in [-0.25, -0.2) is 0 Å². The van der Waals surface area contributed by atoms with Gasteiger partial charge in [0.05, 0.1) is 25.2 Å². The molecule has 1 aromatic carbocycles. The van der Waals surface area contributed by atoms with Gasteiger partial charge in [-0.15, -0.1) is 0 Å². The maximum absolute atomic E-state index is 11.2. The average Bonchev–Trinajstić information content (AvgIpc) is 2.83. The molecule has 0 amide bonds. The molecule has 104 valence electrons. The molecule has 1 heterocycles. The Morgan fingerprint density at radius 3 is 2.47 bits per heavy atom. The van der Waals surface area contributed by atoms with Crippen molar-refractivity contribution in [2.45, 2.75) is 12.5 Å². The number of rotatable bonds is 4. The topological polar surface area (TPSA) is 90.9 Å². The zero-order valence-electron chi connectivity index (χ0n) is 11.0. The van der Waals surface area contributed by atoms with Gasteiger partial charge in [0.15, 0.2) is 11.5 Å². The van der Waals surface area contributed by atoms with E-state index in [1.54, 1.807) is 6.07 Å². The van der Waals surface area contributed by atoms with E-state index < -0.39 is 4.92 Å². The van der Waals surface area contributed by atoms with E-state index >= 15 is 0 Å². The number of hydrogen-bond donors (Lipinski definition) is 1. The van der Waals surface area contributed by atoms with E-state index in [9.17, 15) is 10.1 Å². The fourth-order valence-corrected chi connectivity index (χ4v) is 2.26. The van der Waals surface area contributed by atoms with Gasteiger partial charge in [0.2, 0.25) is 0 Å². The van der Waals surface area contributed by atoms with E-state index in [1.165, 1.54) is 20.3 Å². The Labute approximate surface area is 111 Å². The van der Waals surface area contributed by atoms with Gasteiger partial charge < -0.3 is 20.1 Å². The number of benzene rings is 1. The van der Waals surface area contributed by atoms with E-state index in [4.69, 9.17) is 15.2 Å². The zero-order valence-corrected chi connectivity index (χ0v) is 11.0. The molecule has 1 aliphatic rings. The molecule has 2 rings (SSSR count). The fourth-order valence-electron chi connectivity index (χ4n) is 2.26. The lowest BCUT2D eigenvalue weighted by molar-refractivity contribution is -0.384. The number of nitrogens with zero attached hydrogens (tertiary/aromatic N) is 2. The first-order chi connectivity index (χ1) is 9.06. The Hall–Kier alpha value is -2.02. The summed E-state index contributed by atoms with van der Waals surface area (Å²) < 4.78 is 10.3. The predicted octanol–water partition coefficient (Wildman–Crippen LogP) is 1.15. The van der Waals surface area contributed by atoms with Crippen LogP contribution in [0.2, 0.25) is 0 Å². The summed E-state index contributed by atoms with van der Waals surface area (Å²) in [7, 11) is 2.95. The van der Waals surface area contributed by atoms with E-state index in [-0.39, 0.29) is 11.7 Å². The quantitative estimate of drug-likeness (QED) is 0.650. The lowest BCUT2D eigenvalue weighted by Crippen LogP contribution is -2.26. The Morgan fingerprint density at radius 2 is 2.00 bits per heavy atom. The minimum atomic E-state index is -0.416. The van der Waals surface area contributed by atoms with Gasteiger partial charge in [-0.05, 0) is 6.42 Å². The van der Waals surface area contributed by atoms with Gasteiger partial charge in [0.1, 0.15) is 5.69 Å². The third kappa shape index (κ3) is 2.55. The molecule has 7 nitrogen and oxygen atoms in total. The Morgan fingerprint density at radius 1 is 1.37 bits per heavy atom. The van der Waals surface area contributed by atoms with Crippen molar-refractivity contribution in [1.29, 1.82) is 0 Å². The highest BCUT2D eigenvalue weighted by atomic mass is 16.6. The average molecular weight is 267 g/mol. The first-order valence-electron chi connectivity index (χ1n) is 5.97. The maximum Gasteiger partial charge on any atom is 0.296 e. The summed E-state index contributed by atoms with van der Waals surface area (Å²) in [6, 6.07) is 3.07. The molecule has 1 unspecified atom stereocenters. The van der Waals surface area contributed by atoms with Crippen LogP contribution in [0.15, 0.2) is 12.1 Å². The van der Waals surface area contributed by atoms with Crippen LogP contribution < -0.4 is 20.1 Å². The summed E-state index contributed by atoms with van der Waals surface area (Å²) in [6.45, 7) is 1.31. The van der Waals surface area contributed by atoms with Gasteiger partial charge in [-0.3, -0.25) is 10.1 Å². The van der Waals surface area contributed by atoms with Gasteiger partial charge in [0, 0.05) is 25.2 Å². The summed E-state index contributed by atoms with van der Waals surface area (Å²) in [5.74, 6) is 0.824. The number of anilines is 1. The molecule has 2 N–H and O–H groups in total. The summed E-state index contributed by atoms with van der Waals surface area (Å²) in [6.07, 6.45) is 0.825. The van der Waals surface area contributed by atoms with E-state index in [0.29, 0.717) is 30.3 Å². The number of ether oxygens (including phenoxy) is 2. The molecule has 0 spiro atoms. The molecule has 19 heavy (non-hydrogen) atoms. The van der Waals surface area contributed by atoms with Crippen LogP contribution in [-0.4, -0.2) is 38.3 Å². The van der Waals surface area contributed by atoms with Crippen molar-refractivity contribution in [3.8, 4) is 11.5 Å². The standard InChI is InChI=1S/C12H17N3O4/c1-18-11-5-9(14-4-3-8(13)7-14)10(15(16)17)6-12(11)19-2/h5-6,8H,3-4,7,13H2,1-2H3. The number of nitro benzene ring substituents is 1. The van der Waals surface area contributed by atoms with E-state index in [1.807, 2.05) is 4.90 Å². The fraction of sp³-hybridized carbons (Fsp3) is 0.500. The van der Waals surface area contributed by atoms with Crippen molar-refractivity contribution < 1.29 is 14.4 Å². The first-order valence-corrected chi connectivity index (χ1v) is 5.97. The maximum atomic E-state index is 11.2. The zero-order chi connectivity index (χ0) is 14.0. The molecule has 7 heteroatoms. The largest absolute Gasteiger partial charge is 0.493 e. The molecule has 0 bridgehead atoms. The van der Waals surface area contributed by atoms with Crippen molar-refractivity contribution in [3.05, 3.63) is 22.2 Å². The van der Waals surface area contributed by atoms with Crippen LogP contribution >= 0.6 is 0 Å². The van der Waals surface area contributed by atoms with Gasteiger partial charge in [0.25, 0.3) is 5.69 Å². The van der Waals surface area contributed by atoms with Crippen LogP contribution in [0, 0.1) is 10.1 Å². The smallest absolute Gasteiger partial charge is 0.296 e. The van der Waals surface area contributed by atoms with Crippen LogP contribution in [0.4, 0.5) is 11.4 Å². The number of methoxy groups -OCH3 is 2. The van der Waals surface area contributed by atoms with Crippen molar-refractivity contribution in [2.24, 2.45) is 5.73 Å². The van der Waals surface area contributed by atoms with Gasteiger partial charge in [-0.2, -0.15) is 0 Å². The summed E-state index contributed by atoms with van der Waals surface area (Å²) in [5.41, 5.74) is 6.38. The lowest BCUT2D eigenvalue weighted by atomic mass is 10.2. The minimum absolute atomic E-state index is 0.00625. The molecule has 0 radical (unpaired) electrons. The predicted molar refractivity (Wildman–Crippen MR) is 71.0 cm³/mol. The second kappa shape index (κ2) is 5.31. The van der Waals surface area contributed by atoms with Crippen LogP contribution in [0.1, 0.15) is 6.42 Å². The van der Waals surface area contributed by atoms with Gasteiger partial charge >= 0.3 is 0 Å². The van der Waals surface area contributed by atoms with Crippen molar-refractivity contribution >= 4 is 11.4 Å². The highest BCUT2D eigenvalue weighted by Crippen LogP contribution is 2.40. The molecular weight excluding hydrogens is 250 g/mol. The molecular formula is C12H17N3O4. The van der Waals surface area contributed by atoms with E-state index in [0.717, 1.165) is 6.42 Å². The third-order valence-electron chi connectivity index (χ3n) is 3.24. The van der Waals surface area contributed by atoms with Crippen LogP contribution in [0.3, 0.4) is 0 Å². The minimum Gasteiger partial charge on any atom is -0.493 e. The SMILES string of the molecule is COc1cc(N2CCC(N)C2)c([N+](=O)[O-])cc1OC. The van der Waals surface area contributed by atoms with E-state index in [2.05, 4.69) is 0 Å². The number of hydrogen-bond acceptors (Lipinski definition) is 6. The van der Waals surface area contributed by atoms with Crippen LogP contribution in [0.5, 0.6) is 11.5 Å². The Kier molecular flexibility index (Phi) is 3.75. The number of nitro groups is 1. The Balaban J connectivity index is 2.48. The molecule has 1 aromatic rings. The van der Waals surface area contributed by atoms with Crippen LogP contribution in [-0.2, 0) is 0 Å². The van der Waals surface area contributed by atoms with Gasteiger partial charge in [-0.1, -0.05) is 0 Å². The summed E-state index contributed by atoms with van der Waals surface area (Å²) >= 11 is 0. The monoisotopic (exact) mass is 267 g/mol. The Bertz CT molecular complexity index is 492. The first kappa shape index (κ1) is 13.4. The van der Waals surface area contributed by atoms with Crippen molar-refractivity contribution in [2.75, 3.05) is 32.2 Å². The second-order valence-electron chi connectivity index (χ2n) is 4.45. The molecule has 0 aromatic heterocycles. The normalized spacial score (nSPS) is 18.5. The molecule has 1 atom stereocenters. The molecule has 1 saturated heterocycles. The van der Waals surface area contributed by atoms with Crippen LogP contribution in [0.25, 0.3) is 0 Å². The summed E-state index contributed by atoms with van der Waals surface area (Å²) in [4.78, 5) is 12.7. The molecule has 1 fully saturated rings. The highest BCUT2D eigenvalue weighted by Gasteiger charge is 2.28. The molecule has 1 aliphatic heterocycles. The van der Waals surface area contributed by atoms with Crippen molar-refractivity contribution in [3.63, 3.8) is 0 Å². The third-order valence-corrected chi connectivity index (χ3v) is 3.24. The highest BCUT2D eigenvalue weighted by molar-refractivity contribution is 5.70. The lowest BCUT2D eigenvalue weighted by Gasteiger charge is -2.19. The summed E-state index contributed by atoms with van der Waals surface area (Å²) in [5, 5.41) is 11.2. The number of nitrogens with two attached hydrogens (primary N) is 1. The molecule has 0 aliphatic carbocycles. The van der Waals surface area contributed by atoms with Crippen molar-refractivity contribution in [1.82, 2.24) is 0 Å². The molecule has 0 saturated carbocycles. The second-order valence-corrected chi connectivity index (χ2v) is 4.45.